The first-order chi connectivity index (χ1) is 12.1. The van der Waals surface area contributed by atoms with E-state index in [4.69, 9.17) is 9.47 Å². The number of aromatic nitrogens is 3. The van der Waals surface area contributed by atoms with E-state index in [2.05, 4.69) is 10.1 Å². The molecule has 0 radical (unpaired) electrons. The Balaban J connectivity index is 2.59. The topological polar surface area (TPSA) is 86.5 Å². The van der Waals surface area contributed by atoms with Crippen molar-refractivity contribution in [1.82, 2.24) is 14.8 Å². The van der Waals surface area contributed by atoms with Crippen molar-refractivity contribution in [3.05, 3.63) is 34.8 Å². The number of aromatic carboxylic acids is 1. The summed E-state index contributed by atoms with van der Waals surface area (Å²) in [6, 6.07) is 2.40. The number of hydrogen-bond donors (Lipinski definition) is 1. The van der Waals surface area contributed by atoms with Gasteiger partial charge >= 0.3 is 12.1 Å². The maximum atomic E-state index is 13.5. The minimum atomic E-state index is -4.77. The number of rotatable bonds is 7. The minimum absolute atomic E-state index is 0.0985. The van der Waals surface area contributed by atoms with E-state index in [-0.39, 0.29) is 42.3 Å². The van der Waals surface area contributed by atoms with Gasteiger partial charge in [0.2, 0.25) is 0 Å². The van der Waals surface area contributed by atoms with E-state index in [1.807, 2.05) is 0 Å². The van der Waals surface area contributed by atoms with E-state index < -0.39 is 17.8 Å². The molecule has 0 unspecified atom stereocenters. The highest BCUT2D eigenvalue weighted by Gasteiger charge is 2.38. The van der Waals surface area contributed by atoms with Gasteiger partial charge in [0.1, 0.15) is 0 Å². The first-order valence-corrected chi connectivity index (χ1v) is 7.57. The van der Waals surface area contributed by atoms with Crippen molar-refractivity contribution in [2.24, 2.45) is 7.05 Å². The maximum absolute atomic E-state index is 13.5. The predicted octanol–water partition coefficient (Wildman–Crippen LogP) is 2.67. The van der Waals surface area contributed by atoms with Gasteiger partial charge in [-0.3, -0.25) is 4.68 Å². The van der Waals surface area contributed by atoms with E-state index in [9.17, 15) is 23.1 Å². The Morgan fingerprint density at radius 2 is 2.00 bits per heavy atom. The highest BCUT2D eigenvalue weighted by atomic mass is 19.4. The van der Waals surface area contributed by atoms with Crippen LogP contribution >= 0.6 is 0 Å². The standard InChI is InChI=1S/C16H18F3N3O4/c1-9-6-13(22(2)21-9)11-7-10(15(23)24)12(8-26-5-4-25-3)20-14(11)16(17,18)19/h6-7H,4-5,8H2,1-3H3,(H,23,24). The molecule has 0 saturated heterocycles. The van der Waals surface area contributed by atoms with Crippen LogP contribution < -0.4 is 0 Å². The summed E-state index contributed by atoms with van der Waals surface area (Å²) in [5.74, 6) is -1.39. The summed E-state index contributed by atoms with van der Waals surface area (Å²) in [4.78, 5) is 15.1. The number of methoxy groups -OCH3 is 1. The van der Waals surface area contributed by atoms with Gasteiger partial charge in [-0.25, -0.2) is 9.78 Å². The molecule has 26 heavy (non-hydrogen) atoms. The molecule has 2 aromatic rings. The Morgan fingerprint density at radius 1 is 1.31 bits per heavy atom. The zero-order valence-electron chi connectivity index (χ0n) is 14.4. The number of halogens is 3. The van der Waals surface area contributed by atoms with Crippen LogP contribution in [0.3, 0.4) is 0 Å². The van der Waals surface area contributed by atoms with Gasteiger partial charge in [0.15, 0.2) is 5.69 Å². The molecular weight excluding hydrogens is 355 g/mol. The number of carboxylic acids is 1. The molecule has 0 aliphatic carbocycles. The number of pyridine rings is 1. The lowest BCUT2D eigenvalue weighted by atomic mass is 10.0. The van der Waals surface area contributed by atoms with E-state index in [1.54, 1.807) is 6.92 Å². The molecule has 2 rings (SSSR count). The fraction of sp³-hybridized carbons (Fsp3) is 0.438. The first-order valence-electron chi connectivity index (χ1n) is 7.57. The van der Waals surface area contributed by atoms with Crippen LogP contribution in [-0.4, -0.2) is 46.2 Å². The zero-order chi connectivity index (χ0) is 19.5. The van der Waals surface area contributed by atoms with E-state index in [1.165, 1.54) is 24.9 Å². The molecule has 0 bridgehead atoms. The van der Waals surface area contributed by atoms with Crippen molar-refractivity contribution in [3.63, 3.8) is 0 Å². The number of carbonyl (C=O) groups is 1. The molecule has 1 N–H and O–H groups in total. The van der Waals surface area contributed by atoms with Crippen LogP contribution in [0.15, 0.2) is 12.1 Å². The van der Waals surface area contributed by atoms with Gasteiger partial charge in [-0.15, -0.1) is 0 Å². The first kappa shape index (κ1) is 19.9. The van der Waals surface area contributed by atoms with Crippen molar-refractivity contribution in [2.75, 3.05) is 20.3 Å². The van der Waals surface area contributed by atoms with Gasteiger partial charge in [-0.05, 0) is 19.1 Å². The quantitative estimate of drug-likeness (QED) is 0.751. The van der Waals surface area contributed by atoms with Gasteiger partial charge < -0.3 is 14.6 Å². The van der Waals surface area contributed by atoms with Crippen LogP contribution in [0.25, 0.3) is 11.3 Å². The van der Waals surface area contributed by atoms with E-state index >= 15 is 0 Å². The molecule has 10 heteroatoms. The SMILES string of the molecule is COCCOCc1nc(C(F)(F)F)c(-c2cc(C)nn2C)cc1C(=O)O. The van der Waals surface area contributed by atoms with E-state index in [0.29, 0.717) is 5.69 Å². The van der Waals surface area contributed by atoms with Gasteiger partial charge in [0.05, 0.1) is 42.5 Å². The van der Waals surface area contributed by atoms with Crippen LogP contribution in [0, 0.1) is 6.92 Å². The number of ether oxygens (including phenoxy) is 2. The second-order valence-corrected chi connectivity index (χ2v) is 5.52. The van der Waals surface area contributed by atoms with E-state index in [0.717, 1.165) is 6.07 Å². The summed E-state index contributed by atoms with van der Waals surface area (Å²) in [5, 5.41) is 13.4. The third-order valence-electron chi connectivity index (χ3n) is 3.55. The Kier molecular flexibility index (Phi) is 5.98. The Bertz CT molecular complexity index is 803. The van der Waals surface area contributed by atoms with Crippen molar-refractivity contribution in [1.29, 1.82) is 0 Å². The summed E-state index contributed by atoms with van der Waals surface area (Å²) in [5.41, 5.74) is -1.57. The summed E-state index contributed by atoms with van der Waals surface area (Å²) in [6.45, 7) is 1.57. The zero-order valence-corrected chi connectivity index (χ0v) is 14.4. The highest BCUT2D eigenvalue weighted by molar-refractivity contribution is 5.90. The molecule has 0 saturated carbocycles. The monoisotopic (exact) mass is 373 g/mol. The number of carboxylic acid groups (broad SMARTS) is 1. The molecular formula is C16H18F3N3O4. The molecule has 2 heterocycles. The smallest absolute Gasteiger partial charge is 0.434 e. The lowest BCUT2D eigenvalue weighted by molar-refractivity contribution is -0.140. The lowest BCUT2D eigenvalue weighted by Crippen LogP contribution is -2.17. The maximum Gasteiger partial charge on any atom is 0.434 e. The van der Waals surface area contributed by atoms with Crippen molar-refractivity contribution in [3.8, 4) is 11.3 Å². The van der Waals surface area contributed by atoms with Crippen LogP contribution in [0.4, 0.5) is 13.2 Å². The van der Waals surface area contributed by atoms with Crippen molar-refractivity contribution in [2.45, 2.75) is 19.7 Å². The lowest BCUT2D eigenvalue weighted by Gasteiger charge is -2.16. The van der Waals surface area contributed by atoms with Crippen LogP contribution in [-0.2, 0) is 29.3 Å². The number of nitrogens with zero attached hydrogens (tertiary/aromatic N) is 3. The predicted molar refractivity (Wildman–Crippen MR) is 84.7 cm³/mol. The normalized spacial score (nSPS) is 11.8. The Labute approximate surface area is 147 Å². The van der Waals surface area contributed by atoms with Gasteiger partial charge in [-0.1, -0.05) is 0 Å². The second-order valence-electron chi connectivity index (χ2n) is 5.52. The molecule has 0 aromatic carbocycles. The fourth-order valence-corrected chi connectivity index (χ4v) is 2.43. The average Bonchev–Trinajstić information content (AvgIpc) is 2.88. The molecule has 0 spiro atoms. The van der Waals surface area contributed by atoms with Gasteiger partial charge in [0.25, 0.3) is 0 Å². The van der Waals surface area contributed by atoms with Crippen LogP contribution in [0.2, 0.25) is 0 Å². The molecule has 0 aliphatic heterocycles. The van der Waals surface area contributed by atoms with Crippen LogP contribution in [0.5, 0.6) is 0 Å². The molecule has 0 amide bonds. The van der Waals surface area contributed by atoms with Crippen molar-refractivity contribution >= 4 is 5.97 Å². The van der Waals surface area contributed by atoms with Gasteiger partial charge in [-0.2, -0.15) is 18.3 Å². The summed E-state index contributed by atoms with van der Waals surface area (Å²) in [7, 11) is 2.92. The number of hydrogen-bond acceptors (Lipinski definition) is 5. The molecule has 2 aromatic heterocycles. The summed E-state index contributed by atoms with van der Waals surface area (Å²) in [6.07, 6.45) is -4.77. The molecule has 0 fully saturated rings. The summed E-state index contributed by atoms with van der Waals surface area (Å²) < 4.78 is 51.8. The number of aryl methyl sites for hydroxylation is 2. The number of alkyl halides is 3. The highest BCUT2D eigenvalue weighted by Crippen LogP contribution is 2.37. The minimum Gasteiger partial charge on any atom is -0.478 e. The largest absolute Gasteiger partial charge is 0.478 e. The Hall–Kier alpha value is -2.46. The fourth-order valence-electron chi connectivity index (χ4n) is 2.43. The van der Waals surface area contributed by atoms with Crippen molar-refractivity contribution < 1.29 is 32.5 Å². The third kappa shape index (κ3) is 4.38. The van der Waals surface area contributed by atoms with Gasteiger partial charge in [0, 0.05) is 19.7 Å². The average molecular weight is 373 g/mol. The third-order valence-corrected chi connectivity index (χ3v) is 3.55. The Morgan fingerprint density at radius 3 is 2.50 bits per heavy atom. The molecule has 0 aliphatic rings. The molecule has 142 valence electrons. The molecule has 7 nitrogen and oxygen atoms in total. The molecule has 0 atom stereocenters. The summed E-state index contributed by atoms with van der Waals surface area (Å²) >= 11 is 0. The van der Waals surface area contributed by atoms with Crippen LogP contribution in [0.1, 0.15) is 27.4 Å². The second kappa shape index (κ2) is 7.83.